The van der Waals surface area contributed by atoms with E-state index >= 15 is 0 Å². The lowest BCUT2D eigenvalue weighted by atomic mass is 9.92. The summed E-state index contributed by atoms with van der Waals surface area (Å²) in [6, 6.07) is 67.4. The lowest BCUT2D eigenvalue weighted by Crippen LogP contribution is -2.04. The van der Waals surface area contributed by atoms with E-state index in [4.69, 9.17) is 19.4 Å². The average molecular weight is 717 g/mol. The summed E-state index contributed by atoms with van der Waals surface area (Å²) in [7, 11) is 0. The van der Waals surface area contributed by atoms with Crippen molar-refractivity contribution in [2.24, 2.45) is 0 Å². The van der Waals surface area contributed by atoms with Crippen LogP contribution in [0.15, 0.2) is 199 Å². The van der Waals surface area contributed by atoms with Gasteiger partial charge in [0.05, 0.1) is 16.7 Å². The highest BCUT2D eigenvalue weighted by Gasteiger charge is 2.25. The monoisotopic (exact) mass is 716 g/mol. The van der Waals surface area contributed by atoms with Crippen LogP contribution in [0, 0.1) is 0 Å². The molecule has 56 heavy (non-hydrogen) atoms. The van der Waals surface area contributed by atoms with E-state index in [1.165, 1.54) is 0 Å². The van der Waals surface area contributed by atoms with Gasteiger partial charge in [-0.25, -0.2) is 15.0 Å². The first-order valence-electron chi connectivity index (χ1n) is 18.8. The van der Waals surface area contributed by atoms with E-state index in [0.29, 0.717) is 17.5 Å². The molecule has 0 atom stereocenters. The van der Waals surface area contributed by atoms with E-state index < -0.39 is 0 Å². The highest BCUT2D eigenvalue weighted by atomic mass is 16.3. The zero-order valence-corrected chi connectivity index (χ0v) is 30.2. The Labute approximate surface area is 322 Å². The van der Waals surface area contributed by atoms with Crippen LogP contribution in [0.1, 0.15) is 0 Å². The molecule has 0 radical (unpaired) electrons. The van der Waals surface area contributed by atoms with Gasteiger partial charge in [0.25, 0.3) is 0 Å². The van der Waals surface area contributed by atoms with Crippen LogP contribution in [-0.4, -0.2) is 19.5 Å². The van der Waals surface area contributed by atoms with Crippen LogP contribution in [0.4, 0.5) is 0 Å². The van der Waals surface area contributed by atoms with Gasteiger partial charge in [0.2, 0.25) is 0 Å². The zero-order chi connectivity index (χ0) is 37.0. The van der Waals surface area contributed by atoms with Gasteiger partial charge in [0.1, 0.15) is 5.58 Å². The molecule has 0 aliphatic carbocycles. The van der Waals surface area contributed by atoms with Crippen LogP contribution >= 0.6 is 0 Å². The molecule has 0 aliphatic heterocycles. The first-order chi connectivity index (χ1) is 27.8. The smallest absolute Gasteiger partial charge is 0.164 e. The Hall–Kier alpha value is -7.63. The minimum absolute atomic E-state index is 0.598. The van der Waals surface area contributed by atoms with Crippen LogP contribution < -0.4 is 0 Å². The molecular weight excluding hydrogens is 685 g/mol. The van der Waals surface area contributed by atoms with Crippen molar-refractivity contribution in [1.29, 1.82) is 0 Å². The van der Waals surface area contributed by atoms with Crippen LogP contribution in [0.2, 0.25) is 0 Å². The molecule has 262 valence electrons. The fraction of sp³-hybridized carbons (Fsp3) is 0. The van der Waals surface area contributed by atoms with Gasteiger partial charge < -0.3 is 8.98 Å². The maximum absolute atomic E-state index is 6.80. The molecule has 0 saturated heterocycles. The summed E-state index contributed by atoms with van der Waals surface area (Å²) in [4.78, 5) is 15.4. The Bertz CT molecular complexity index is 3110. The molecule has 5 heteroatoms. The fourth-order valence-electron chi connectivity index (χ4n) is 8.08. The van der Waals surface area contributed by atoms with E-state index in [0.717, 1.165) is 88.4 Å². The van der Waals surface area contributed by atoms with E-state index in [1.54, 1.807) is 0 Å². The number of nitrogens with zero attached hydrogens (tertiary/aromatic N) is 4. The summed E-state index contributed by atoms with van der Waals surface area (Å²) in [5.41, 5.74) is 11.9. The van der Waals surface area contributed by atoms with Gasteiger partial charge in [-0.05, 0) is 41.5 Å². The second-order valence-corrected chi connectivity index (χ2v) is 14.0. The number of hydrogen-bond acceptors (Lipinski definition) is 4. The maximum Gasteiger partial charge on any atom is 0.164 e. The van der Waals surface area contributed by atoms with Crippen molar-refractivity contribution in [2.45, 2.75) is 0 Å². The summed E-state index contributed by atoms with van der Waals surface area (Å²) in [6.07, 6.45) is 0. The van der Waals surface area contributed by atoms with Crippen LogP contribution in [-0.2, 0) is 0 Å². The Balaban J connectivity index is 1.29. The second-order valence-electron chi connectivity index (χ2n) is 14.0. The third-order valence-electron chi connectivity index (χ3n) is 10.6. The maximum atomic E-state index is 6.80. The molecule has 0 fully saturated rings. The predicted molar refractivity (Wildman–Crippen MR) is 229 cm³/mol. The largest absolute Gasteiger partial charge is 0.454 e. The SMILES string of the molecule is c1ccc(-c2nc(-c3ccccc3)nc(-c3cc(-c4ccccc4)c(-n4c5ccccc5c5ccc6c7ccccc7oc6c54)c(-c4ccccc4)c3)n2)cc1. The fourth-order valence-corrected chi connectivity index (χ4v) is 8.08. The van der Waals surface area contributed by atoms with E-state index in [-0.39, 0.29) is 0 Å². The predicted octanol–water partition coefficient (Wildman–Crippen LogP) is 13.2. The van der Waals surface area contributed by atoms with E-state index in [1.807, 2.05) is 66.7 Å². The molecule has 0 N–H and O–H groups in total. The van der Waals surface area contributed by atoms with Gasteiger partial charge in [-0.1, -0.05) is 164 Å². The highest BCUT2D eigenvalue weighted by molar-refractivity contribution is 6.22. The molecule has 0 aliphatic rings. The van der Waals surface area contributed by atoms with Gasteiger partial charge in [-0.3, -0.25) is 0 Å². The van der Waals surface area contributed by atoms with Crippen molar-refractivity contribution in [3.63, 3.8) is 0 Å². The molecule has 8 aromatic carbocycles. The summed E-state index contributed by atoms with van der Waals surface area (Å²) in [6.45, 7) is 0. The molecule has 0 saturated carbocycles. The average Bonchev–Trinajstić information content (AvgIpc) is 3.83. The molecule has 11 aromatic rings. The number of rotatable bonds is 6. The Morgan fingerprint density at radius 3 is 1.38 bits per heavy atom. The molecule has 11 rings (SSSR count). The third-order valence-corrected chi connectivity index (χ3v) is 10.6. The molecule has 0 spiro atoms. The zero-order valence-electron chi connectivity index (χ0n) is 30.2. The van der Waals surface area contributed by atoms with Gasteiger partial charge in [-0.15, -0.1) is 0 Å². The lowest BCUT2D eigenvalue weighted by Gasteiger charge is -2.21. The van der Waals surface area contributed by atoms with Crippen LogP contribution in [0.5, 0.6) is 0 Å². The van der Waals surface area contributed by atoms with Gasteiger partial charge >= 0.3 is 0 Å². The van der Waals surface area contributed by atoms with E-state index in [9.17, 15) is 0 Å². The molecule has 3 heterocycles. The van der Waals surface area contributed by atoms with Crippen LogP contribution in [0.3, 0.4) is 0 Å². The number of furan rings is 1. The second kappa shape index (κ2) is 13.0. The minimum Gasteiger partial charge on any atom is -0.454 e. The van der Waals surface area contributed by atoms with Crippen molar-refractivity contribution in [1.82, 2.24) is 19.5 Å². The first-order valence-corrected chi connectivity index (χ1v) is 18.8. The summed E-state index contributed by atoms with van der Waals surface area (Å²) < 4.78 is 9.22. The molecule has 3 aromatic heterocycles. The minimum atomic E-state index is 0.598. The summed E-state index contributed by atoms with van der Waals surface area (Å²) in [5, 5.41) is 4.47. The van der Waals surface area contributed by atoms with Crippen molar-refractivity contribution in [3.8, 4) is 62.1 Å². The Kier molecular flexibility index (Phi) is 7.42. The molecule has 0 amide bonds. The number of hydrogen-bond donors (Lipinski definition) is 0. The Morgan fingerprint density at radius 1 is 0.357 bits per heavy atom. The lowest BCUT2D eigenvalue weighted by molar-refractivity contribution is 0.671. The first kappa shape index (κ1) is 31.9. The van der Waals surface area contributed by atoms with Gasteiger partial charge in [0.15, 0.2) is 23.1 Å². The topological polar surface area (TPSA) is 56.7 Å². The van der Waals surface area contributed by atoms with Crippen molar-refractivity contribution >= 4 is 43.7 Å². The number of benzene rings is 8. The number of fused-ring (bicyclic) bond motifs is 7. The van der Waals surface area contributed by atoms with Crippen molar-refractivity contribution in [2.75, 3.05) is 0 Å². The number of para-hydroxylation sites is 2. The Morgan fingerprint density at radius 2 is 0.804 bits per heavy atom. The van der Waals surface area contributed by atoms with Gasteiger partial charge in [0, 0.05) is 49.4 Å². The van der Waals surface area contributed by atoms with Crippen LogP contribution in [0.25, 0.3) is 106 Å². The highest BCUT2D eigenvalue weighted by Crippen LogP contribution is 2.46. The van der Waals surface area contributed by atoms with E-state index in [2.05, 4.69) is 132 Å². The number of aromatic nitrogens is 4. The molecular formula is C51H32N4O. The summed E-state index contributed by atoms with van der Waals surface area (Å²) >= 11 is 0. The van der Waals surface area contributed by atoms with Crippen molar-refractivity contribution < 1.29 is 4.42 Å². The molecule has 0 bridgehead atoms. The van der Waals surface area contributed by atoms with Gasteiger partial charge in [-0.2, -0.15) is 0 Å². The standard InChI is InChI=1S/C51H32N4O/c1-5-17-33(18-6-1)42-31-37(51-53-49(35-21-9-3-10-22-35)52-50(54-51)36-23-11-4-12-24-36)32-43(34-19-7-2-8-20-34)46(42)55-44-27-15-13-25-38(44)40-29-30-41-39-26-14-16-28-45(39)56-48(41)47(40)55/h1-32H. The quantitative estimate of drug-likeness (QED) is 0.172. The third kappa shape index (κ3) is 5.21. The molecule has 5 nitrogen and oxygen atoms in total. The molecule has 0 unspecified atom stereocenters. The van der Waals surface area contributed by atoms with Crippen molar-refractivity contribution in [3.05, 3.63) is 194 Å². The normalized spacial score (nSPS) is 11.6. The summed E-state index contributed by atoms with van der Waals surface area (Å²) in [5.74, 6) is 1.84.